The van der Waals surface area contributed by atoms with Gasteiger partial charge >= 0.3 is 0 Å². The molecule has 4 bridgehead atoms. The van der Waals surface area contributed by atoms with E-state index in [4.69, 9.17) is 0 Å². The Balaban J connectivity index is 1.35. The topological polar surface area (TPSA) is 32.3 Å². The quantitative estimate of drug-likeness (QED) is 0.830. The van der Waals surface area contributed by atoms with Gasteiger partial charge in [-0.2, -0.15) is 0 Å². The molecule has 0 saturated heterocycles. The third kappa shape index (κ3) is 2.79. The normalized spacial score (nSPS) is 46.7. The minimum Gasteiger partial charge on any atom is -0.389 e. The number of hydrogen-bond acceptors (Lipinski definition) is 2. The molecule has 5 aliphatic carbocycles. The molecule has 0 amide bonds. The van der Waals surface area contributed by atoms with Crippen molar-refractivity contribution in [1.29, 1.82) is 0 Å². The molecule has 0 aromatic heterocycles. The summed E-state index contributed by atoms with van der Waals surface area (Å²) in [5, 5.41) is 14.7. The predicted octanol–water partition coefficient (Wildman–Crippen LogP) is 3.73. The molecule has 0 radical (unpaired) electrons. The van der Waals surface area contributed by atoms with E-state index in [0.717, 1.165) is 49.1 Å². The van der Waals surface area contributed by atoms with Gasteiger partial charge in [-0.25, -0.2) is 0 Å². The molecule has 5 fully saturated rings. The van der Waals surface area contributed by atoms with E-state index < -0.39 is 5.60 Å². The van der Waals surface area contributed by atoms with Crippen LogP contribution in [0.3, 0.4) is 0 Å². The predicted molar refractivity (Wildman–Crippen MR) is 86.0 cm³/mol. The SMILES string of the molecule is CC1(C)CCC(O)(CNC2C3CC4CC(C3)CC2C4)CC1. The molecule has 0 aliphatic heterocycles. The van der Waals surface area contributed by atoms with Crippen LogP contribution < -0.4 is 5.32 Å². The molecule has 2 N–H and O–H groups in total. The standard InChI is InChI=1S/C19H33NO/c1-18(2)3-5-19(21,6-4-18)12-20-17-15-8-13-7-14(10-15)11-16(17)9-13/h13-17,20-21H,3-12H2,1-2H3. The van der Waals surface area contributed by atoms with Gasteiger partial charge in [0, 0.05) is 12.6 Å². The monoisotopic (exact) mass is 291 g/mol. The van der Waals surface area contributed by atoms with Crippen LogP contribution in [-0.4, -0.2) is 23.3 Å². The number of rotatable bonds is 3. The molecule has 2 nitrogen and oxygen atoms in total. The Morgan fingerprint density at radius 1 is 0.857 bits per heavy atom. The third-order valence-electron chi connectivity index (χ3n) is 7.43. The van der Waals surface area contributed by atoms with Crippen molar-refractivity contribution in [3.63, 3.8) is 0 Å². The van der Waals surface area contributed by atoms with Crippen LogP contribution >= 0.6 is 0 Å². The lowest BCUT2D eigenvalue weighted by Crippen LogP contribution is -2.57. The lowest BCUT2D eigenvalue weighted by atomic mass is 9.54. The van der Waals surface area contributed by atoms with Gasteiger partial charge in [-0.15, -0.1) is 0 Å². The zero-order valence-electron chi connectivity index (χ0n) is 13.9. The molecule has 0 heterocycles. The molecule has 0 spiro atoms. The fourth-order valence-corrected chi connectivity index (χ4v) is 6.14. The van der Waals surface area contributed by atoms with Gasteiger partial charge in [0.25, 0.3) is 0 Å². The van der Waals surface area contributed by atoms with E-state index in [1.807, 2.05) is 0 Å². The Morgan fingerprint density at radius 3 is 1.90 bits per heavy atom. The molecule has 0 aromatic rings. The molecule has 0 aromatic carbocycles. The molecule has 5 rings (SSSR count). The molecule has 0 atom stereocenters. The van der Waals surface area contributed by atoms with Gasteiger partial charge in [-0.3, -0.25) is 0 Å². The van der Waals surface area contributed by atoms with Crippen molar-refractivity contribution in [2.75, 3.05) is 6.54 Å². The lowest BCUT2D eigenvalue weighted by molar-refractivity contribution is -0.0492. The molecule has 2 heteroatoms. The lowest BCUT2D eigenvalue weighted by Gasteiger charge is -2.55. The second-order valence-electron chi connectivity index (χ2n) is 9.73. The summed E-state index contributed by atoms with van der Waals surface area (Å²) in [6.07, 6.45) is 11.7. The number of nitrogens with one attached hydrogen (secondary N) is 1. The van der Waals surface area contributed by atoms with Gasteiger partial charge in [0.1, 0.15) is 0 Å². The number of hydrogen-bond donors (Lipinski definition) is 2. The molecule has 5 aliphatic rings. The summed E-state index contributed by atoms with van der Waals surface area (Å²) in [5.41, 5.74) is 0.0129. The van der Waals surface area contributed by atoms with E-state index in [1.165, 1.54) is 44.9 Å². The van der Waals surface area contributed by atoms with Crippen molar-refractivity contribution in [3.05, 3.63) is 0 Å². The van der Waals surface area contributed by atoms with Gasteiger partial charge < -0.3 is 10.4 Å². The summed E-state index contributed by atoms with van der Waals surface area (Å²) in [4.78, 5) is 0. The minimum absolute atomic E-state index is 0.426. The molecule has 5 saturated carbocycles. The van der Waals surface area contributed by atoms with E-state index in [2.05, 4.69) is 19.2 Å². The van der Waals surface area contributed by atoms with Gasteiger partial charge in [0.15, 0.2) is 0 Å². The van der Waals surface area contributed by atoms with Crippen molar-refractivity contribution in [3.8, 4) is 0 Å². The maximum atomic E-state index is 10.9. The summed E-state index contributed by atoms with van der Waals surface area (Å²) >= 11 is 0. The second kappa shape index (κ2) is 4.96. The number of aliphatic hydroxyl groups is 1. The van der Waals surface area contributed by atoms with Gasteiger partial charge in [0.05, 0.1) is 5.60 Å². The van der Waals surface area contributed by atoms with Crippen molar-refractivity contribution < 1.29 is 5.11 Å². The van der Waals surface area contributed by atoms with Crippen LogP contribution in [0.15, 0.2) is 0 Å². The average molecular weight is 291 g/mol. The Bertz CT molecular complexity index is 364. The fourth-order valence-electron chi connectivity index (χ4n) is 6.14. The fraction of sp³-hybridized carbons (Fsp3) is 1.00. The van der Waals surface area contributed by atoms with Crippen LogP contribution in [0.4, 0.5) is 0 Å². The summed E-state index contributed by atoms with van der Waals surface area (Å²) in [7, 11) is 0. The molecule has 0 unspecified atom stereocenters. The van der Waals surface area contributed by atoms with E-state index in [1.54, 1.807) is 0 Å². The first-order valence-electron chi connectivity index (χ1n) is 9.38. The highest BCUT2D eigenvalue weighted by Gasteiger charge is 2.48. The van der Waals surface area contributed by atoms with Crippen molar-refractivity contribution in [2.45, 2.75) is 83.3 Å². The van der Waals surface area contributed by atoms with Crippen LogP contribution in [0.2, 0.25) is 0 Å². The molecular formula is C19H33NO. The molecule has 21 heavy (non-hydrogen) atoms. The van der Waals surface area contributed by atoms with E-state index >= 15 is 0 Å². The second-order valence-corrected chi connectivity index (χ2v) is 9.73. The molecular weight excluding hydrogens is 258 g/mol. The highest BCUT2D eigenvalue weighted by atomic mass is 16.3. The summed E-state index contributed by atoms with van der Waals surface area (Å²) < 4.78 is 0. The Kier molecular flexibility index (Phi) is 3.43. The zero-order chi connectivity index (χ0) is 14.7. The van der Waals surface area contributed by atoms with Crippen LogP contribution in [0.1, 0.15) is 71.6 Å². The van der Waals surface area contributed by atoms with Crippen molar-refractivity contribution in [2.24, 2.45) is 29.1 Å². The highest BCUT2D eigenvalue weighted by Crippen LogP contribution is 2.53. The summed E-state index contributed by atoms with van der Waals surface area (Å²) in [6, 6.07) is 0.719. The third-order valence-corrected chi connectivity index (χ3v) is 7.43. The van der Waals surface area contributed by atoms with E-state index in [-0.39, 0.29) is 0 Å². The van der Waals surface area contributed by atoms with Crippen molar-refractivity contribution in [1.82, 2.24) is 5.32 Å². The van der Waals surface area contributed by atoms with Crippen LogP contribution in [-0.2, 0) is 0 Å². The van der Waals surface area contributed by atoms with E-state index in [9.17, 15) is 5.11 Å². The van der Waals surface area contributed by atoms with Gasteiger partial charge in [0.2, 0.25) is 0 Å². The van der Waals surface area contributed by atoms with E-state index in [0.29, 0.717) is 5.41 Å². The van der Waals surface area contributed by atoms with Gasteiger partial charge in [-0.1, -0.05) is 13.8 Å². The maximum Gasteiger partial charge on any atom is 0.0772 e. The smallest absolute Gasteiger partial charge is 0.0772 e. The first-order valence-corrected chi connectivity index (χ1v) is 9.38. The Hall–Kier alpha value is -0.0800. The zero-order valence-corrected chi connectivity index (χ0v) is 13.9. The Morgan fingerprint density at radius 2 is 1.38 bits per heavy atom. The summed E-state index contributed by atoms with van der Waals surface area (Å²) in [5.74, 6) is 3.93. The molecule has 120 valence electrons. The first kappa shape index (κ1) is 14.5. The van der Waals surface area contributed by atoms with Crippen molar-refractivity contribution >= 4 is 0 Å². The van der Waals surface area contributed by atoms with Crippen LogP contribution in [0.25, 0.3) is 0 Å². The average Bonchev–Trinajstić information content (AvgIpc) is 2.41. The van der Waals surface area contributed by atoms with Crippen LogP contribution in [0.5, 0.6) is 0 Å². The summed E-state index contributed by atoms with van der Waals surface area (Å²) in [6.45, 7) is 5.53. The maximum absolute atomic E-state index is 10.9. The largest absolute Gasteiger partial charge is 0.389 e. The van der Waals surface area contributed by atoms with Gasteiger partial charge in [-0.05, 0) is 86.9 Å². The Labute approximate surface area is 130 Å². The minimum atomic E-state index is -0.426. The highest BCUT2D eigenvalue weighted by molar-refractivity contribution is 5.02. The van der Waals surface area contributed by atoms with Crippen LogP contribution in [0, 0.1) is 29.1 Å². The first-order chi connectivity index (χ1) is 9.93.